The Hall–Kier alpha value is -3.54. The van der Waals surface area contributed by atoms with Gasteiger partial charge in [-0.25, -0.2) is 4.79 Å². The molecule has 1 aromatic rings. The van der Waals surface area contributed by atoms with Crippen LogP contribution >= 0.6 is 0 Å². The summed E-state index contributed by atoms with van der Waals surface area (Å²) in [7, 11) is 1.26. The molecule has 0 heterocycles. The third-order valence-electron chi connectivity index (χ3n) is 5.23. The zero-order valence-corrected chi connectivity index (χ0v) is 21.6. The van der Waals surface area contributed by atoms with Crippen molar-refractivity contribution in [3.63, 3.8) is 0 Å². The number of rotatable bonds is 17. The summed E-state index contributed by atoms with van der Waals surface area (Å²) in [4.78, 5) is 24.3. The molecule has 0 radical (unpaired) electrons. The van der Waals surface area contributed by atoms with Crippen molar-refractivity contribution in [2.24, 2.45) is 0 Å². The summed E-state index contributed by atoms with van der Waals surface area (Å²) in [5, 5.41) is 21.8. The number of methoxy groups -OCH3 is 1. The Morgan fingerprint density at radius 2 is 1.42 bits per heavy atom. The second-order valence-electron chi connectivity index (χ2n) is 8.27. The fraction of sp³-hybridized carbons (Fsp3) is 0.400. The van der Waals surface area contributed by atoms with Crippen LogP contribution in [-0.2, 0) is 20.7 Å². The normalized spacial score (nSPS) is 12.9. The van der Waals surface area contributed by atoms with Crippen molar-refractivity contribution < 1.29 is 24.5 Å². The van der Waals surface area contributed by atoms with Gasteiger partial charge in [-0.2, -0.15) is 0 Å². The molecule has 0 fully saturated rings. The van der Waals surface area contributed by atoms with Gasteiger partial charge < -0.3 is 20.3 Å². The minimum Gasteiger partial charge on any atom is -0.504 e. The number of amides is 1. The van der Waals surface area contributed by atoms with E-state index in [1.165, 1.54) is 19.2 Å². The van der Waals surface area contributed by atoms with Gasteiger partial charge in [-0.15, -0.1) is 0 Å². The molecule has 6 nitrogen and oxygen atoms in total. The molecule has 0 unspecified atom stereocenters. The molecule has 3 N–H and O–H groups in total. The predicted molar refractivity (Wildman–Crippen MR) is 146 cm³/mol. The lowest BCUT2D eigenvalue weighted by molar-refractivity contribution is -0.145. The lowest BCUT2D eigenvalue weighted by Gasteiger charge is -2.17. The number of hydrogen-bond donors (Lipinski definition) is 3. The van der Waals surface area contributed by atoms with Crippen LogP contribution in [0.3, 0.4) is 0 Å². The zero-order chi connectivity index (χ0) is 26.4. The highest BCUT2D eigenvalue weighted by atomic mass is 16.5. The van der Waals surface area contributed by atoms with Crippen LogP contribution in [0.15, 0.2) is 79.0 Å². The fourth-order valence-electron chi connectivity index (χ4n) is 3.28. The number of nitrogens with one attached hydrogen (secondary N) is 1. The fourth-order valence-corrected chi connectivity index (χ4v) is 3.28. The number of phenolic OH excluding ortho intramolecular Hbond substituents is 2. The van der Waals surface area contributed by atoms with Crippen molar-refractivity contribution in [1.29, 1.82) is 0 Å². The first-order valence-electron chi connectivity index (χ1n) is 12.6. The summed E-state index contributed by atoms with van der Waals surface area (Å²) >= 11 is 0. The van der Waals surface area contributed by atoms with Gasteiger partial charge in [-0.05, 0) is 62.6 Å². The van der Waals surface area contributed by atoms with Crippen LogP contribution in [0.5, 0.6) is 11.5 Å². The summed E-state index contributed by atoms with van der Waals surface area (Å²) in [6, 6.07) is 3.42. The van der Waals surface area contributed by atoms with Crippen LogP contribution in [0.2, 0.25) is 0 Å². The summed E-state index contributed by atoms with van der Waals surface area (Å²) < 4.78 is 4.79. The van der Waals surface area contributed by atoms with Gasteiger partial charge in [0.1, 0.15) is 6.04 Å². The van der Waals surface area contributed by atoms with Crippen molar-refractivity contribution in [1.82, 2.24) is 5.32 Å². The third-order valence-corrected chi connectivity index (χ3v) is 5.23. The lowest BCUT2D eigenvalue weighted by Crippen LogP contribution is -2.43. The van der Waals surface area contributed by atoms with Crippen LogP contribution in [0.4, 0.5) is 0 Å². The van der Waals surface area contributed by atoms with E-state index in [0.717, 1.165) is 38.5 Å². The van der Waals surface area contributed by atoms with Crippen molar-refractivity contribution in [2.45, 2.75) is 70.8 Å². The molecule has 0 bridgehead atoms. The minimum absolute atomic E-state index is 0.154. The molecule has 36 heavy (non-hydrogen) atoms. The molecule has 0 aromatic heterocycles. The summed E-state index contributed by atoms with van der Waals surface area (Å²) in [5.41, 5.74) is 0.597. The molecular formula is C30H41NO5. The van der Waals surface area contributed by atoms with E-state index in [2.05, 4.69) is 73.0 Å². The first kappa shape index (κ1) is 30.5. The van der Waals surface area contributed by atoms with Gasteiger partial charge in [0.05, 0.1) is 7.11 Å². The maximum absolute atomic E-state index is 12.3. The molecule has 0 saturated carbocycles. The standard InChI is InChI=1S/C30H41NO5/c1-3-4-5-6-7-8-9-10-11-12-13-14-15-16-17-18-19-20-29(34)31-26(30(35)36-2)23-25-21-22-27(32)28(33)24-25/h4-5,7-8,10-11,13-14,16-17,21-22,24,26,32-33H,3,6,9,12,15,18-20,23H2,1-2H3,(H,31,34)/b5-4-,8-7-,11-10-,14-13-,17-16-/t26-/m0/s1. The second kappa shape index (κ2) is 19.7. The molecule has 1 aromatic carbocycles. The number of carbonyl (C=O) groups excluding carboxylic acids is 2. The number of esters is 1. The van der Waals surface area contributed by atoms with Gasteiger partial charge in [0, 0.05) is 12.8 Å². The zero-order valence-electron chi connectivity index (χ0n) is 21.6. The SMILES string of the molecule is CC/C=C\C/C=C\C/C=C\C/C=C\C/C=C\CCCC(=O)N[C@@H](Cc1ccc(O)c(O)c1)C(=O)OC. The number of benzene rings is 1. The molecule has 0 spiro atoms. The van der Waals surface area contributed by atoms with E-state index in [4.69, 9.17) is 4.74 Å². The second-order valence-corrected chi connectivity index (χ2v) is 8.27. The van der Waals surface area contributed by atoms with E-state index in [0.29, 0.717) is 18.4 Å². The third kappa shape index (κ3) is 14.7. The molecule has 196 valence electrons. The Bertz CT molecular complexity index is 927. The highest BCUT2D eigenvalue weighted by Crippen LogP contribution is 2.25. The van der Waals surface area contributed by atoms with Crippen LogP contribution in [-0.4, -0.2) is 35.2 Å². The number of phenols is 2. The van der Waals surface area contributed by atoms with Crippen LogP contribution in [0, 0.1) is 0 Å². The Morgan fingerprint density at radius 3 is 1.94 bits per heavy atom. The number of allylic oxidation sites excluding steroid dienone is 10. The van der Waals surface area contributed by atoms with Crippen molar-refractivity contribution >= 4 is 11.9 Å². The van der Waals surface area contributed by atoms with E-state index in [1.807, 2.05) is 0 Å². The summed E-state index contributed by atoms with van der Waals surface area (Å²) in [5.74, 6) is -1.32. The first-order valence-corrected chi connectivity index (χ1v) is 12.6. The van der Waals surface area contributed by atoms with E-state index in [9.17, 15) is 19.8 Å². The largest absolute Gasteiger partial charge is 0.504 e. The minimum atomic E-state index is -0.861. The molecule has 0 saturated heterocycles. The lowest BCUT2D eigenvalue weighted by atomic mass is 10.0. The molecule has 0 aliphatic carbocycles. The smallest absolute Gasteiger partial charge is 0.328 e. The van der Waals surface area contributed by atoms with E-state index in [-0.39, 0.29) is 23.8 Å². The van der Waals surface area contributed by atoms with Gasteiger partial charge in [-0.1, -0.05) is 73.8 Å². The van der Waals surface area contributed by atoms with E-state index in [1.54, 1.807) is 6.07 Å². The number of carbonyl (C=O) groups is 2. The van der Waals surface area contributed by atoms with Gasteiger partial charge in [0.25, 0.3) is 0 Å². The quantitative estimate of drug-likeness (QED) is 0.103. The number of hydrogen-bond acceptors (Lipinski definition) is 5. The number of ether oxygens (including phenoxy) is 1. The predicted octanol–water partition coefficient (Wildman–Crippen LogP) is 6.22. The van der Waals surface area contributed by atoms with Gasteiger partial charge in [-0.3, -0.25) is 4.79 Å². The maximum atomic E-state index is 12.3. The van der Waals surface area contributed by atoms with Crippen molar-refractivity contribution in [3.8, 4) is 11.5 Å². The van der Waals surface area contributed by atoms with E-state index < -0.39 is 12.0 Å². The topological polar surface area (TPSA) is 95.9 Å². The molecule has 0 aliphatic rings. The van der Waals surface area contributed by atoms with Crippen LogP contribution in [0.1, 0.15) is 63.9 Å². The molecule has 6 heteroatoms. The first-order chi connectivity index (χ1) is 17.5. The molecule has 0 aliphatic heterocycles. The highest BCUT2D eigenvalue weighted by molar-refractivity contribution is 5.84. The Morgan fingerprint density at radius 1 is 0.861 bits per heavy atom. The van der Waals surface area contributed by atoms with E-state index >= 15 is 0 Å². The van der Waals surface area contributed by atoms with Gasteiger partial charge in [0.15, 0.2) is 11.5 Å². The Kier molecular flexibility index (Phi) is 16.7. The number of aromatic hydroxyl groups is 2. The summed E-state index contributed by atoms with van der Waals surface area (Å²) in [6.45, 7) is 2.14. The molecule has 1 amide bonds. The molecular weight excluding hydrogens is 454 g/mol. The molecule has 1 atom stereocenters. The van der Waals surface area contributed by atoms with Gasteiger partial charge >= 0.3 is 5.97 Å². The van der Waals surface area contributed by atoms with Crippen molar-refractivity contribution in [3.05, 3.63) is 84.5 Å². The van der Waals surface area contributed by atoms with Crippen LogP contribution < -0.4 is 5.32 Å². The maximum Gasteiger partial charge on any atom is 0.328 e. The van der Waals surface area contributed by atoms with Gasteiger partial charge in [0.2, 0.25) is 5.91 Å². The number of unbranched alkanes of at least 4 members (excludes halogenated alkanes) is 1. The monoisotopic (exact) mass is 495 g/mol. The van der Waals surface area contributed by atoms with Crippen LogP contribution in [0.25, 0.3) is 0 Å². The van der Waals surface area contributed by atoms with Crippen molar-refractivity contribution in [2.75, 3.05) is 7.11 Å². The Balaban J connectivity index is 2.23. The molecule has 1 rings (SSSR count). The highest BCUT2D eigenvalue weighted by Gasteiger charge is 2.22. The average molecular weight is 496 g/mol. The average Bonchev–Trinajstić information content (AvgIpc) is 2.87. The summed E-state index contributed by atoms with van der Waals surface area (Å²) in [6.07, 6.45) is 28.2. The Labute approximate surface area is 215 Å².